The van der Waals surface area contributed by atoms with Crippen molar-refractivity contribution in [2.45, 2.75) is 13.0 Å². The van der Waals surface area contributed by atoms with E-state index < -0.39 is 6.04 Å². The lowest BCUT2D eigenvalue weighted by Crippen LogP contribution is -2.32. The van der Waals surface area contributed by atoms with E-state index in [1.165, 1.54) is 14.2 Å². The average molecular weight is 303 g/mol. The van der Waals surface area contributed by atoms with Gasteiger partial charge in [-0.3, -0.25) is 4.79 Å². The Morgan fingerprint density at radius 2 is 1.82 bits per heavy atom. The van der Waals surface area contributed by atoms with E-state index in [0.29, 0.717) is 21.7 Å². The highest BCUT2D eigenvalue weighted by Gasteiger charge is 2.13. The van der Waals surface area contributed by atoms with Crippen molar-refractivity contribution in [1.82, 2.24) is 0 Å². The van der Waals surface area contributed by atoms with E-state index in [1.54, 1.807) is 19.1 Å². The Morgan fingerprint density at radius 3 is 2.18 bits per heavy atom. The first-order valence-electron chi connectivity index (χ1n) is 4.97. The predicted molar refractivity (Wildman–Crippen MR) is 69.5 cm³/mol. The normalized spacial score (nSPS) is 11.8. The number of hydrogen-bond acceptors (Lipinski definition) is 4. The molecule has 0 spiro atoms. The molecule has 1 atom stereocenters. The zero-order chi connectivity index (χ0) is 13.0. The molecule has 0 aliphatic rings. The molecule has 0 saturated heterocycles. The van der Waals surface area contributed by atoms with Gasteiger partial charge in [0.25, 0.3) is 0 Å². The van der Waals surface area contributed by atoms with Gasteiger partial charge in [-0.15, -0.1) is 0 Å². The first kappa shape index (κ1) is 13.8. The Balaban J connectivity index is 3.05. The molecule has 0 aromatic heterocycles. The molecule has 94 valence electrons. The maximum Gasteiger partial charge on any atom is 0.241 e. The maximum absolute atomic E-state index is 11.5. The number of amides is 1. The third kappa shape index (κ3) is 3.34. The molecule has 0 aliphatic heterocycles. The van der Waals surface area contributed by atoms with Crippen molar-refractivity contribution in [2.24, 2.45) is 5.73 Å². The maximum atomic E-state index is 11.5. The molecule has 3 N–H and O–H groups in total. The van der Waals surface area contributed by atoms with E-state index in [-0.39, 0.29) is 5.91 Å². The number of halogens is 1. The second kappa shape index (κ2) is 5.88. The number of anilines is 1. The van der Waals surface area contributed by atoms with Crippen LogP contribution in [0.25, 0.3) is 0 Å². The fraction of sp³-hybridized carbons (Fsp3) is 0.364. The number of ether oxygens (including phenoxy) is 2. The van der Waals surface area contributed by atoms with E-state index in [4.69, 9.17) is 15.2 Å². The van der Waals surface area contributed by atoms with Crippen molar-refractivity contribution in [3.05, 3.63) is 16.6 Å². The second-order valence-corrected chi connectivity index (χ2v) is 4.27. The van der Waals surface area contributed by atoms with Crippen LogP contribution < -0.4 is 20.5 Å². The number of nitrogens with two attached hydrogens (primary N) is 1. The van der Waals surface area contributed by atoms with Crippen LogP contribution in [0.5, 0.6) is 11.5 Å². The van der Waals surface area contributed by atoms with Gasteiger partial charge in [0.1, 0.15) is 16.0 Å². The van der Waals surface area contributed by atoms with Gasteiger partial charge in [0.2, 0.25) is 5.91 Å². The number of methoxy groups -OCH3 is 2. The van der Waals surface area contributed by atoms with Gasteiger partial charge < -0.3 is 20.5 Å². The average Bonchev–Trinajstić information content (AvgIpc) is 2.30. The number of carbonyl (C=O) groups is 1. The summed E-state index contributed by atoms with van der Waals surface area (Å²) >= 11 is 3.34. The summed E-state index contributed by atoms with van der Waals surface area (Å²) in [5.74, 6) is 0.880. The SMILES string of the molecule is COc1cc(NC(=O)C(C)N)cc(OC)c1Br. The third-order valence-electron chi connectivity index (χ3n) is 2.13. The zero-order valence-corrected chi connectivity index (χ0v) is 11.5. The molecule has 0 bridgehead atoms. The summed E-state index contributed by atoms with van der Waals surface area (Å²) in [6.07, 6.45) is 0. The summed E-state index contributed by atoms with van der Waals surface area (Å²) in [5, 5.41) is 2.67. The molecule has 6 heteroatoms. The van der Waals surface area contributed by atoms with Crippen molar-refractivity contribution in [3.63, 3.8) is 0 Å². The standard InChI is InChI=1S/C11H15BrN2O3/c1-6(13)11(15)14-7-4-8(16-2)10(12)9(5-7)17-3/h4-6H,13H2,1-3H3,(H,14,15). The van der Waals surface area contributed by atoms with Crippen molar-refractivity contribution < 1.29 is 14.3 Å². The van der Waals surface area contributed by atoms with E-state index in [0.717, 1.165) is 0 Å². The Kier molecular flexibility index (Phi) is 4.77. The number of carbonyl (C=O) groups excluding carboxylic acids is 1. The zero-order valence-electron chi connectivity index (χ0n) is 9.91. The van der Waals surface area contributed by atoms with Crippen molar-refractivity contribution in [2.75, 3.05) is 19.5 Å². The van der Waals surface area contributed by atoms with Gasteiger partial charge >= 0.3 is 0 Å². The summed E-state index contributed by atoms with van der Waals surface area (Å²) < 4.78 is 11.0. The van der Waals surface area contributed by atoms with Crippen LogP contribution in [0.2, 0.25) is 0 Å². The van der Waals surface area contributed by atoms with Crippen LogP contribution >= 0.6 is 15.9 Å². The quantitative estimate of drug-likeness (QED) is 0.889. The van der Waals surface area contributed by atoms with Crippen LogP contribution in [-0.2, 0) is 4.79 Å². The lowest BCUT2D eigenvalue weighted by molar-refractivity contribution is -0.117. The van der Waals surface area contributed by atoms with E-state index in [9.17, 15) is 4.79 Å². The molecule has 1 unspecified atom stereocenters. The molecule has 0 radical (unpaired) electrons. The number of hydrogen-bond donors (Lipinski definition) is 2. The highest BCUT2D eigenvalue weighted by Crippen LogP contribution is 2.37. The van der Waals surface area contributed by atoms with Crippen molar-refractivity contribution in [3.8, 4) is 11.5 Å². The smallest absolute Gasteiger partial charge is 0.241 e. The first-order chi connectivity index (χ1) is 7.99. The largest absolute Gasteiger partial charge is 0.495 e. The van der Waals surface area contributed by atoms with Crippen molar-refractivity contribution in [1.29, 1.82) is 0 Å². The van der Waals surface area contributed by atoms with Gasteiger partial charge in [-0.25, -0.2) is 0 Å². The van der Waals surface area contributed by atoms with Gasteiger partial charge in [-0.2, -0.15) is 0 Å². The molecular weight excluding hydrogens is 288 g/mol. The first-order valence-corrected chi connectivity index (χ1v) is 5.76. The lowest BCUT2D eigenvalue weighted by Gasteiger charge is -2.13. The van der Waals surface area contributed by atoms with Crippen molar-refractivity contribution >= 4 is 27.5 Å². The Morgan fingerprint density at radius 1 is 1.35 bits per heavy atom. The molecule has 1 rings (SSSR count). The van der Waals surface area contributed by atoms with Gasteiger partial charge in [0.15, 0.2) is 0 Å². The predicted octanol–water partition coefficient (Wildman–Crippen LogP) is 1.75. The third-order valence-corrected chi connectivity index (χ3v) is 2.91. The minimum Gasteiger partial charge on any atom is -0.495 e. The Bertz CT molecular complexity index is 396. The number of rotatable bonds is 4. The highest BCUT2D eigenvalue weighted by molar-refractivity contribution is 9.10. The fourth-order valence-corrected chi connectivity index (χ4v) is 1.75. The molecule has 1 aromatic carbocycles. The van der Waals surface area contributed by atoms with Gasteiger partial charge in [-0.05, 0) is 22.9 Å². The van der Waals surface area contributed by atoms with Crippen LogP contribution in [0.1, 0.15) is 6.92 Å². The molecule has 1 amide bonds. The van der Waals surface area contributed by atoms with E-state index in [2.05, 4.69) is 21.2 Å². The molecule has 1 aromatic rings. The molecular formula is C11H15BrN2O3. The Labute approximate surface area is 108 Å². The minimum atomic E-state index is -0.573. The second-order valence-electron chi connectivity index (χ2n) is 3.47. The molecule has 5 nitrogen and oxygen atoms in total. The summed E-state index contributed by atoms with van der Waals surface area (Å²) in [4.78, 5) is 11.5. The molecule has 0 saturated carbocycles. The summed E-state index contributed by atoms with van der Waals surface area (Å²) in [6, 6.07) is 2.80. The minimum absolute atomic E-state index is 0.267. The topological polar surface area (TPSA) is 73.6 Å². The van der Waals surface area contributed by atoms with Gasteiger partial charge in [0.05, 0.1) is 20.3 Å². The van der Waals surface area contributed by atoms with Crippen LogP contribution in [0.3, 0.4) is 0 Å². The summed E-state index contributed by atoms with van der Waals surface area (Å²) in [7, 11) is 3.08. The highest BCUT2D eigenvalue weighted by atomic mass is 79.9. The molecule has 0 heterocycles. The van der Waals surface area contributed by atoms with E-state index >= 15 is 0 Å². The number of benzene rings is 1. The summed E-state index contributed by atoms with van der Waals surface area (Å²) in [6.45, 7) is 1.61. The van der Waals surface area contributed by atoms with Crippen LogP contribution in [-0.4, -0.2) is 26.2 Å². The van der Waals surface area contributed by atoms with E-state index in [1.807, 2.05) is 0 Å². The molecule has 0 aliphatic carbocycles. The summed E-state index contributed by atoms with van der Waals surface area (Å²) in [5.41, 5.74) is 6.04. The lowest BCUT2D eigenvalue weighted by atomic mass is 10.2. The fourth-order valence-electron chi connectivity index (χ4n) is 1.20. The van der Waals surface area contributed by atoms with Gasteiger partial charge in [0, 0.05) is 17.8 Å². The van der Waals surface area contributed by atoms with Crippen LogP contribution in [0.4, 0.5) is 5.69 Å². The Hall–Kier alpha value is -1.27. The van der Waals surface area contributed by atoms with Gasteiger partial charge in [-0.1, -0.05) is 0 Å². The monoisotopic (exact) mass is 302 g/mol. The van der Waals surface area contributed by atoms with Crippen LogP contribution in [0, 0.1) is 0 Å². The number of nitrogens with one attached hydrogen (secondary N) is 1. The molecule has 0 fully saturated rings. The molecule has 17 heavy (non-hydrogen) atoms. The van der Waals surface area contributed by atoms with Crippen LogP contribution in [0.15, 0.2) is 16.6 Å².